The number of rotatable bonds is 5. The molecule has 1 amide bonds. The van der Waals surface area contributed by atoms with Gasteiger partial charge in [0.15, 0.2) is 11.5 Å². The first-order valence-corrected chi connectivity index (χ1v) is 10.8. The van der Waals surface area contributed by atoms with Crippen molar-refractivity contribution in [1.82, 2.24) is 19.1 Å². The van der Waals surface area contributed by atoms with Gasteiger partial charge >= 0.3 is 5.69 Å². The van der Waals surface area contributed by atoms with Crippen LogP contribution in [0.3, 0.4) is 0 Å². The van der Waals surface area contributed by atoms with Crippen molar-refractivity contribution in [3.05, 3.63) is 80.8 Å². The molecule has 0 aliphatic heterocycles. The number of amides is 1. The van der Waals surface area contributed by atoms with Gasteiger partial charge in [0.1, 0.15) is 27.9 Å². The highest BCUT2D eigenvalue weighted by atomic mass is 32.2. The Morgan fingerprint density at radius 1 is 0.971 bits per heavy atom. The number of aryl methyl sites for hydroxylation is 1. The molecule has 0 saturated heterocycles. The van der Waals surface area contributed by atoms with Crippen molar-refractivity contribution in [3.63, 3.8) is 0 Å². The van der Waals surface area contributed by atoms with Crippen LogP contribution in [0.4, 0.5) is 18.9 Å². The zero-order valence-electron chi connectivity index (χ0n) is 17.8. The molecule has 0 fully saturated rings. The van der Waals surface area contributed by atoms with Crippen molar-refractivity contribution in [2.24, 2.45) is 14.1 Å². The number of hydrogen-bond acceptors (Lipinski definition) is 6. The molecule has 0 aliphatic carbocycles. The summed E-state index contributed by atoms with van der Waals surface area (Å²) in [6.07, 6.45) is 0. The smallest absolute Gasteiger partial charge is 0.323 e. The summed E-state index contributed by atoms with van der Waals surface area (Å²) in [5.41, 5.74) is -1.01. The number of carbonyl (C=O) groups excluding carboxylic acids is 1. The third-order valence-electron chi connectivity index (χ3n) is 4.91. The molecule has 8 nitrogen and oxygen atoms in total. The Morgan fingerprint density at radius 3 is 2.32 bits per heavy atom. The Labute approximate surface area is 194 Å². The minimum atomic E-state index is -0.937. The average molecular weight is 487 g/mol. The maximum absolute atomic E-state index is 13.8. The summed E-state index contributed by atoms with van der Waals surface area (Å²) >= 11 is 0.873. The lowest BCUT2D eigenvalue weighted by Crippen LogP contribution is -2.37. The molecule has 0 radical (unpaired) electrons. The lowest BCUT2D eigenvalue weighted by molar-refractivity contribution is -0.113. The van der Waals surface area contributed by atoms with Crippen molar-refractivity contribution in [2.45, 2.75) is 5.03 Å². The maximum atomic E-state index is 13.8. The van der Waals surface area contributed by atoms with Crippen LogP contribution in [0.1, 0.15) is 0 Å². The van der Waals surface area contributed by atoms with Crippen LogP contribution in [0.5, 0.6) is 0 Å². The number of fused-ring (bicyclic) bond motifs is 1. The predicted molar refractivity (Wildman–Crippen MR) is 121 cm³/mol. The number of hydrogen-bond donors (Lipinski definition) is 1. The Balaban J connectivity index is 1.75. The van der Waals surface area contributed by atoms with E-state index in [1.54, 1.807) is 0 Å². The van der Waals surface area contributed by atoms with Crippen LogP contribution in [0.15, 0.2) is 57.1 Å². The molecule has 2 heterocycles. The van der Waals surface area contributed by atoms with Gasteiger partial charge in [-0.25, -0.2) is 27.9 Å². The summed E-state index contributed by atoms with van der Waals surface area (Å²) < 4.78 is 42.4. The minimum Gasteiger partial charge on any atom is -0.323 e. The van der Waals surface area contributed by atoms with Crippen LogP contribution in [0.2, 0.25) is 0 Å². The fraction of sp³-hybridized carbons (Fsp3) is 0.136. The lowest BCUT2D eigenvalue weighted by Gasteiger charge is -2.12. The fourth-order valence-corrected chi connectivity index (χ4v) is 3.99. The number of aromatic nitrogens is 4. The van der Waals surface area contributed by atoms with Crippen LogP contribution >= 0.6 is 11.8 Å². The zero-order chi connectivity index (χ0) is 24.6. The summed E-state index contributed by atoms with van der Waals surface area (Å²) in [5.74, 6) is -2.99. The number of benzene rings is 2. The molecule has 4 rings (SSSR count). The molecular weight excluding hydrogens is 471 g/mol. The van der Waals surface area contributed by atoms with Gasteiger partial charge in [-0.3, -0.25) is 18.7 Å². The second kappa shape index (κ2) is 9.14. The molecule has 2 aromatic heterocycles. The number of anilines is 1. The third kappa shape index (κ3) is 4.44. The Kier molecular flexibility index (Phi) is 6.24. The summed E-state index contributed by atoms with van der Waals surface area (Å²) in [6, 6.07) is 8.03. The van der Waals surface area contributed by atoms with Crippen LogP contribution in [-0.4, -0.2) is 30.8 Å². The van der Waals surface area contributed by atoms with Crippen LogP contribution in [-0.2, 0) is 18.9 Å². The van der Waals surface area contributed by atoms with Crippen LogP contribution < -0.4 is 16.6 Å². The Morgan fingerprint density at radius 2 is 1.65 bits per heavy atom. The van der Waals surface area contributed by atoms with Gasteiger partial charge in [0.2, 0.25) is 5.91 Å². The highest BCUT2D eigenvalue weighted by Crippen LogP contribution is 2.26. The number of carbonyl (C=O) groups is 1. The first-order chi connectivity index (χ1) is 16.2. The van der Waals surface area contributed by atoms with Gasteiger partial charge in [-0.1, -0.05) is 11.8 Å². The Hall–Kier alpha value is -3.93. The average Bonchev–Trinajstić information content (AvgIpc) is 2.81. The first-order valence-electron chi connectivity index (χ1n) is 9.77. The highest BCUT2D eigenvalue weighted by Gasteiger charge is 2.19. The number of nitrogens with one attached hydrogen (secondary N) is 1. The van der Waals surface area contributed by atoms with Crippen molar-refractivity contribution >= 4 is 34.4 Å². The van der Waals surface area contributed by atoms with E-state index >= 15 is 0 Å². The van der Waals surface area contributed by atoms with Gasteiger partial charge < -0.3 is 5.32 Å². The molecule has 174 valence electrons. The summed E-state index contributed by atoms with van der Waals surface area (Å²) in [7, 11) is 2.74. The van der Waals surface area contributed by atoms with E-state index in [2.05, 4.69) is 15.3 Å². The Bertz CT molecular complexity index is 1550. The molecule has 0 unspecified atom stereocenters. The van der Waals surface area contributed by atoms with E-state index in [0.29, 0.717) is 11.6 Å². The van der Waals surface area contributed by atoms with E-state index in [4.69, 9.17) is 0 Å². The summed E-state index contributed by atoms with van der Waals surface area (Å²) in [5, 5.41) is 2.45. The zero-order valence-corrected chi connectivity index (χ0v) is 18.6. The molecule has 0 bridgehead atoms. The monoisotopic (exact) mass is 487 g/mol. The van der Waals surface area contributed by atoms with Gasteiger partial charge in [-0.15, -0.1) is 0 Å². The molecule has 2 aromatic carbocycles. The van der Waals surface area contributed by atoms with Crippen LogP contribution in [0.25, 0.3) is 22.4 Å². The van der Waals surface area contributed by atoms with Crippen molar-refractivity contribution in [3.8, 4) is 11.4 Å². The van der Waals surface area contributed by atoms with Gasteiger partial charge in [0.05, 0.1) is 11.4 Å². The minimum absolute atomic E-state index is 0.0150. The van der Waals surface area contributed by atoms with Crippen molar-refractivity contribution in [2.75, 3.05) is 11.1 Å². The third-order valence-corrected chi connectivity index (χ3v) is 5.89. The van der Waals surface area contributed by atoms with E-state index in [9.17, 15) is 27.6 Å². The molecule has 1 N–H and O–H groups in total. The molecule has 0 atom stereocenters. The molecule has 0 aliphatic rings. The topological polar surface area (TPSA) is 98.9 Å². The summed E-state index contributed by atoms with van der Waals surface area (Å²) in [6.45, 7) is 0. The van der Waals surface area contributed by atoms with E-state index in [1.807, 2.05) is 0 Å². The molecule has 0 saturated carbocycles. The summed E-state index contributed by atoms with van der Waals surface area (Å²) in [4.78, 5) is 46.4. The van der Waals surface area contributed by atoms with Crippen LogP contribution in [0, 0.1) is 17.5 Å². The normalized spacial score (nSPS) is 11.1. The quantitative estimate of drug-likeness (QED) is 0.343. The standard InChI is InChI=1S/C22H16F3N5O3S/c1-29-19-17(21(32)30(2)22(29)33)20(28-18(27-19)11-3-5-12(23)6-4-11)34-10-16(31)26-15-8-7-13(24)9-14(15)25/h3-9H,10H2,1-2H3,(H,26,31). The lowest BCUT2D eigenvalue weighted by atomic mass is 10.2. The second-order valence-electron chi connectivity index (χ2n) is 7.22. The van der Waals surface area contributed by atoms with Crippen molar-refractivity contribution in [1.29, 1.82) is 0 Å². The van der Waals surface area contributed by atoms with E-state index < -0.39 is 34.6 Å². The largest absolute Gasteiger partial charge is 0.332 e. The van der Waals surface area contributed by atoms with Gasteiger partial charge in [-0.05, 0) is 36.4 Å². The maximum Gasteiger partial charge on any atom is 0.332 e. The number of nitrogens with zero attached hydrogens (tertiary/aromatic N) is 4. The van der Waals surface area contributed by atoms with Gasteiger partial charge in [0.25, 0.3) is 5.56 Å². The van der Waals surface area contributed by atoms with E-state index in [-0.39, 0.29) is 33.3 Å². The number of thioether (sulfide) groups is 1. The molecular formula is C22H16F3N5O3S. The molecule has 4 aromatic rings. The van der Waals surface area contributed by atoms with Gasteiger partial charge in [0, 0.05) is 25.7 Å². The second-order valence-corrected chi connectivity index (χ2v) is 8.19. The van der Waals surface area contributed by atoms with Crippen molar-refractivity contribution < 1.29 is 18.0 Å². The highest BCUT2D eigenvalue weighted by molar-refractivity contribution is 8.00. The predicted octanol–water partition coefficient (Wildman–Crippen LogP) is 2.84. The molecule has 34 heavy (non-hydrogen) atoms. The molecule has 0 spiro atoms. The van der Waals surface area contributed by atoms with E-state index in [0.717, 1.165) is 28.5 Å². The first kappa shape index (κ1) is 23.2. The molecule has 12 heteroatoms. The van der Waals surface area contributed by atoms with E-state index in [1.165, 1.54) is 42.9 Å². The van der Waals surface area contributed by atoms with Gasteiger partial charge in [-0.2, -0.15) is 0 Å². The SMILES string of the molecule is Cn1c(=O)c2c(SCC(=O)Nc3ccc(F)cc3F)nc(-c3ccc(F)cc3)nc2n(C)c1=O. The number of halogens is 3. The fourth-order valence-electron chi connectivity index (χ4n) is 3.17.